The Labute approximate surface area is 234 Å². The maximum Gasteiger partial charge on any atom is 0.332 e. The second-order valence-electron chi connectivity index (χ2n) is 9.85. The SMILES string of the molecule is C=CCN(C(=O)NC)N1CC(=O)N2[C@@H](Cc3ccc4occc4c3)C(=O)N(Cc3cccc4sc(N)nc34)C[C@@H]21. The van der Waals surface area contributed by atoms with E-state index < -0.39 is 12.2 Å². The quantitative estimate of drug-likeness (QED) is 0.333. The molecule has 2 fully saturated rings. The second kappa shape index (κ2) is 10.3. The number of hydrogen-bond donors (Lipinski definition) is 2. The fraction of sp³-hybridized carbons (Fsp3) is 0.286. The Morgan fingerprint density at radius 2 is 2.15 bits per heavy atom. The van der Waals surface area contributed by atoms with E-state index in [0.29, 0.717) is 18.1 Å². The maximum atomic E-state index is 14.1. The summed E-state index contributed by atoms with van der Waals surface area (Å²) in [6.07, 6.45) is 3.02. The van der Waals surface area contributed by atoms with Crippen molar-refractivity contribution >= 4 is 55.5 Å². The third kappa shape index (κ3) is 4.44. The molecule has 0 saturated carbocycles. The highest BCUT2D eigenvalue weighted by Crippen LogP contribution is 2.32. The molecule has 3 N–H and O–H groups in total. The summed E-state index contributed by atoms with van der Waals surface area (Å²) in [5.41, 5.74) is 9.28. The Hall–Kier alpha value is -4.42. The number of nitrogens with one attached hydrogen (secondary N) is 1. The van der Waals surface area contributed by atoms with Gasteiger partial charge in [0.2, 0.25) is 11.8 Å². The normalized spacial score (nSPS) is 19.4. The van der Waals surface area contributed by atoms with Crippen molar-refractivity contribution in [2.24, 2.45) is 0 Å². The fourth-order valence-corrected chi connectivity index (χ4v) is 6.45. The number of aromatic nitrogens is 1. The first kappa shape index (κ1) is 25.8. The monoisotopic (exact) mass is 559 g/mol. The van der Waals surface area contributed by atoms with Crippen molar-refractivity contribution in [1.29, 1.82) is 0 Å². The third-order valence-electron chi connectivity index (χ3n) is 7.45. The molecule has 4 amide bonds. The van der Waals surface area contributed by atoms with E-state index in [2.05, 4.69) is 16.9 Å². The summed E-state index contributed by atoms with van der Waals surface area (Å²) in [6.45, 7) is 4.49. The molecule has 12 heteroatoms. The molecule has 206 valence electrons. The van der Waals surface area contributed by atoms with Gasteiger partial charge in [0.25, 0.3) is 0 Å². The zero-order valence-electron chi connectivity index (χ0n) is 21.9. The minimum atomic E-state index is -0.754. The van der Waals surface area contributed by atoms with Crippen LogP contribution in [-0.4, -0.2) is 81.5 Å². The van der Waals surface area contributed by atoms with Crippen LogP contribution in [0.2, 0.25) is 0 Å². The zero-order valence-corrected chi connectivity index (χ0v) is 22.8. The lowest BCUT2D eigenvalue weighted by Gasteiger charge is -2.46. The number of benzene rings is 2. The summed E-state index contributed by atoms with van der Waals surface area (Å²) in [5.74, 6) is -0.367. The predicted molar refractivity (Wildman–Crippen MR) is 152 cm³/mol. The van der Waals surface area contributed by atoms with Gasteiger partial charge in [-0.1, -0.05) is 35.6 Å². The van der Waals surface area contributed by atoms with E-state index in [1.165, 1.54) is 16.3 Å². The standard InChI is InChI=1S/C28H29N7O4S/c1-3-10-33(28(38)30-2)34-16-24(36)35-20(13-17-7-8-21-18(12-17)9-11-39-21)26(37)32(15-23(34)35)14-19-5-4-6-22-25(19)31-27(29)40-22/h3-9,11-12,20,23H,1,10,13-16H2,2H3,(H2,29,31)(H,30,38)/t20-,23+/m0/s1. The van der Waals surface area contributed by atoms with Gasteiger partial charge in [0.05, 0.1) is 36.1 Å². The van der Waals surface area contributed by atoms with E-state index in [1.54, 1.807) is 34.2 Å². The van der Waals surface area contributed by atoms with Crippen LogP contribution in [-0.2, 0) is 22.6 Å². The average Bonchev–Trinajstić information content (AvgIpc) is 3.65. The van der Waals surface area contributed by atoms with Crippen LogP contribution < -0.4 is 11.1 Å². The molecule has 2 atom stereocenters. The number of anilines is 1. The molecule has 2 aliphatic heterocycles. The highest BCUT2D eigenvalue weighted by molar-refractivity contribution is 7.22. The number of hydrogen-bond acceptors (Lipinski definition) is 8. The highest BCUT2D eigenvalue weighted by atomic mass is 32.1. The van der Waals surface area contributed by atoms with Crippen LogP contribution in [0.25, 0.3) is 21.2 Å². The lowest BCUT2D eigenvalue weighted by molar-refractivity contribution is -0.157. The number of fused-ring (bicyclic) bond motifs is 3. The van der Waals surface area contributed by atoms with Crippen LogP contribution in [0, 0.1) is 0 Å². The number of furan rings is 1. The van der Waals surface area contributed by atoms with Gasteiger partial charge in [-0.3, -0.25) is 14.6 Å². The number of nitrogen functional groups attached to an aromatic ring is 1. The van der Waals surface area contributed by atoms with Gasteiger partial charge in [0.15, 0.2) is 5.13 Å². The van der Waals surface area contributed by atoms with E-state index in [0.717, 1.165) is 32.3 Å². The van der Waals surface area contributed by atoms with Crippen LogP contribution in [0.4, 0.5) is 9.93 Å². The van der Waals surface area contributed by atoms with Gasteiger partial charge < -0.3 is 25.3 Å². The number of hydrazine groups is 1. The Balaban J connectivity index is 1.38. The number of nitrogens with zero attached hydrogens (tertiary/aromatic N) is 5. The number of piperazine rings is 1. The highest BCUT2D eigenvalue weighted by Gasteiger charge is 2.52. The van der Waals surface area contributed by atoms with Crippen molar-refractivity contribution in [1.82, 2.24) is 30.1 Å². The zero-order chi connectivity index (χ0) is 28.0. The number of urea groups is 1. The lowest BCUT2D eigenvalue weighted by atomic mass is 9.99. The average molecular weight is 560 g/mol. The topological polar surface area (TPSA) is 128 Å². The molecule has 4 aromatic rings. The van der Waals surface area contributed by atoms with Gasteiger partial charge in [-0.2, -0.15) is 5.01 Å². The molecule has 40 heavy (non-hydrogen) atoms. The van der Waals surface area contributed by atoms with Crippen molar-refractivity contribution in [3.8, 4) is 0 Å². The Morgan fingerprint density at radius 1 is 1.30 bits per heavy atom. The Morgan fingerprint density at radius 3 is 2.95 bits per heavy atom. The smallest absolute Gasteiger partial charge is 0.332 e. The molecular formula is C28H29N7O4S. The lowest BCUT2D eigenvalue weighted by Crippen LogP contribution is -2.65. The molecule has 0 bridgehead atoms. The first-order chi connectivity index (χ1) is 19.4. The number of amides is 4. The van der Waals surface area contributed by atoms with E-state index in [-0.39, 0.29) is 37.5 Å². The van der Waals surface area contributed by atoms with Crippen molar-refractivity contribution in [3.63, 3.8) is 0 Å². The number of carbonyl (C=O) groups excluding carboxylic acids is 3. The number of carbonyl (C=O) groups is 3. The van der Waals surface area contributed by atoms with Gasteiger partial charge in [-0.05, 0) is 35.4 Å². The fourth-order valence-electron chi connectivity index (χ4n) is 5.67. The van der Waals surface area contributed by atoms with Gasteiger partial charge in [-0.25, -0.2) is 9.78 Å². The second-order valence-corrected chi connectivity index (χ2v) is 10.9. The maximum absolute atomic E-state index is 14.1. The molecule has 0 spiro atoms. The van der Waals surface area contributed by atoms with E-state index in [9.17, 15) is 14.4 Å². The summed E-state index contributed by atoms with van der Waals surface area (Å²) in [6, 6.07) is 12.3. The number of rotatable bonds is 7. The molecule has 2 aromatic heterocycles. The minimum Gasteiger partial charge on any atom is -0.464 e. The molecule has 0 radical (unpaired) electrons. The van der Waals surface area contributed by atoms with Crippen molar-refractivity contribution in [2.75, 3.05) is 32.4 Å². The first-order valence-electron chi connectivity index (χ1n) is 12.9. The van der Waals surface area contributed by atoms with Gasteiger partial charge in [-0.15, -0.1) is 6.58 Å². The number of nitrogens with two attached hydrogens (primary N) is 1. The van der Waals surface area contributed by atoms with Crippen molar-refractivity contribution in [3.05, 3.63) is 72.5 Å². The molecular weight excluding hydrogens is 530 g/mol. The summed E-state index contributed by atoms with van der Waals surface area (Å²) < 4.78 is 6.42. The van der Waals surface area contributed by atoms with Crippen LogP contribution >= 0.6 is 11.3 Å². The first-order valence-corrected chi connectivity index (χ1v) is 13.8. The van der Waals surface area contributed by atoms with E-state index in [4.69, 9.17) is 10.2 Å². The molecule has 0 unspecified atom stereocenters. The molecule has 6 rings (SSSR count). The molecule has 11 nitrogen and oxygen atoms in total. The number of para-hydroxylation sites is 1. The van der Waals surface area contributed by atoms with Crippen molar-refractivity contribution < 1.29 is 18.8 Å². The molecule has 2 aromatic carbocycles. The van der Waals surface area contributed by atoms with Gasteiger partial charge in [0, 0.05) is 25.4 Å². The summed E-state index contributed by atoms with van der Waals surface area (Å²) in [7, 11) is 1.54. The molecule has 2 aliphatic rings. The number of thiazole rings is 1. The van der Waals surface area contributed by atoms with Crippen LogP contribution in [0.3, 0.4) is 0 Å². The minimum absolute atomic E-state index is 0.0253. The molecule has 4 heterocycles. The van der Waals surface area contributed by atoms with Crippen LogP contribution in [0.15, 0.2) is 65.8 Å². The van der Waals surface area contributed by atoms with Gasteiger partial charge >= 0.3 is 6.03 Å². The molecule has 2 saturated heterocycles. The predicted octanol–water partition coefficient (Wildman–Crippen LogP) is 2.79. The van der Waals surface area contributed by atoms with Gasteiger partial charge in [0.1, 0.15) is 17.8 Å². The third-order valence-corrected chi connectivity index (χ3v) is 8.30. The van der Waals surface area contributed by atoms with Crippen molar-refractivity contribution in [2.45, 2.75) is 25.2 Å². The summed E-state index contributed by atoms with van der Waals surface area (Å²) in [5, 5.41) is 7.24. The summed E-state index contributed by atoms with van der Waals surface area (Å²) in [4.78, 5) is 48.3. The van der Waals surface area contributed by atoms with E-state index >= 15 is 0 Å². The van der Waals surface area contributed by atoms with Crippen LogP contribution in [0.5, 0.6) is 0 Å². The molecule has 0 aliphatic carbocycles. The van der Waals surface area contributed by atoms with Crippen LogP contribution in [0.1, 0.15) is 11.1 Å². The summed E-state index contributed by atoms with van der Waals surface area (Å²) >= 11 is 1.40. The van der Waals surface area contributed by atoms with E-state index in [1.807, 2.05) is 42.5 Å². The Kier molecular flexibility index (Phi) is 6.64. The Bertz CT molecular complexity index is 1630. The largest absolute Gasteiger partial charge is 0.464 e.